The Balaban J connectivity index is 1.57. The predicted molar refractivity (Wildman–Crippen MR) is 97.2 cm³/mol. The monoisotopic (exact) mass is 358 g/mol. The Morgan fingerprint density at radius 3 is 2.71 bits per heavy atom. The van der Waals surface area contributed by atoms with Crippen molar-refractivity contribution in [1.29, 1.82) is 0 Å². The van der Waals surface area contributed by atoms with Crippen molar-refractivity contribution in [2.45, 2.75) is 11.3 Å². The lowest BCUT2D eigenvalue weighted by molar-refractivity contribution is -0.117. The maximum absolute atomic E-state index is 12.0. The van der Waals surface area contributed by atoms with Gasteiger partial charge in [-0.25, -0.2) is 0 Å². The highest BCUT2D eigenvalue weighted by Crippen LogP contribution is 2.37. The van der Waals surface area contributed by atoms with Gasteiger partial charge < -0.3 is 10.6 Å². The van der Waals surface area contributed by atoms with Crippen LogP contribution in [0.4, 0.5) is 5.69 Å². The van der Waals surface area contributed by atoms with Gasteiger partial charge in [-0.3, -0.25) is 9.59 Å². The molecule has 3 rings (SSSR count). The fraction of sp³-hybridized carbons (Fsp3) is 0.111. The molecule has 2 amide bonds. The van der Waals surface area contributed by atoms with Gasteiger partial charge in [0.2, 0.25) is 5.91 Å². The summed E-state index contributed by atoms with van der Waals surface area (Å²) >= 11 is 7.14. The molecule has 0 unspecified atom stereocenters. The van der Waals surface area contributed by atoms with Gasteiger partial charge in [0.15, 0.2) is 0 Å². The molecule has 4 nitrogen and oxygen atoms in total. The largest absolute Gasteiger partial charge is 0.352 e. The Hall–Kier alpha value is -2.24. The number of thioether (sulfide) groups is 1. The van der Waals surface area contributed by atoms with Crippen molar-refractivity contribution < 1.29 is 9.59 Å². The summed E-state index contributed by atoms with van der Waals surface area (Å²) < 4.78 is 0. The molecule has 0 aromatic heterocycles. The Morgan fingerprint density at radius 1 is 1.17 bits per heavy atom. The first kappa shape index (κ1) is 16.6. The first-order valence-corrected chi connectivity index (χ1v) is 8.63. The quantitative estimate of drug-likeness (QED) is 0.820. The summed E-state index contributed by atoms with van der Waals surface area (Å²) in [6.07, 6.45) is 2.05. The third-order valence-electron chi connectivity index (χ3n) is 3.47. The van der Waals surface area contributed by atoms with Crippen molar-refractivity contribution in [3.05, 3.63) is 70.1 Å². The van der Waals surface area contributed by atoms with E-state index < -0.39 is 0 Å². The van der Waals surface area contributed by atoms with Gasteiger partial charge in [0.1, 0.15) is 0 Å². The summed E-state index contributed by atoms with van der Waals surface area (Å²) in [5.74, 6) is -0.535. The number of benzene rings is 2. The number of carbonyl (C=O) groups is 2. The summed E-state index contributed by atoms with van der Waals surface area (Å²) in [5, 5.41) is 6.27. The van der Waals surface area contributed by atoms with Crippen LogP contribution in [0.5, 0.6) is 0 Å². The van der Waals surface area contributed by atoms with Crippen LogP contribution in [0.2, 0.25) is 5.02 Å². The van der Waals surface area contributed by atoms with E-state index in [-0.39, 0.29) is 11.8 Å². The zero-order valence-corrected chi connectivity index (χ0v) is 14.3. The number of fused-ring (bicyclic) bond motifs is 1. The van der Waals surface area contributed by atoms with Crippen LogP contribution < -0.4 is 10.6 Å². The zero-order valence-electron chi connectivity index (χ0n) is 12.7. The number of para-hydroxylation sites is 1. The lowest BCUT2D eigenvalue weighted by atomic mass is 10.1. The maximum Gasteiger partial charge on any atom is 0.262 e. The SMILES string of the molecule is O=C(/C=C1\Sc2ccccc2NC1=O)NCCc1ccc(Cl)cc1. The number of rotatable bonds is 4. The summed E-state index contributed by atoms with van der Waals surface area (Å²) in [7, 11) is 0. The molecule has 0 radical (unpaired) electrons. The molecule has 6 heteroatoms. The molecule has 2 N–H and O–H groups in total. The number of nitrogens with one attached hydrogen (secondary N) is 2. The van der Waals surface area contributed by atoms with Crippen molar-refractivity contribution in [3.8, 4) is 0 Å². The summed E-state index contributed by atoms with van der Waals surface area (Å²) in [6.45, 7) is 0.493. The first-order chi connectivity index (χ1) is 11.6. The Labute approximate surface area is 149 Å². The highest BCUT2D eigenvalue weighted by molar-refractivity contribution is 8.04. The average molecular weight is 359 g/mol. The van der Waals surface area contributed by atoms with Crippen molar-refractivity contribution >= 4 is 40.9 Å². The molecule has 1 aliphatic heterocycles. The number of amides is 2. The van der Waals surface area contributed by atoms with E-state index in [1.165, 1.54) is 17.8 Å². The van der Waals surface area contributed by atoms with Gasteiger partial charge in [-0.1, -0.05) is 47.6 Å². The van der Waals surface area contributed by atoms with Crippen LogP contribution in [0.3, 0.4) is 0 Å². The average Bonchev–Trinajstić information content (AvgIpc) is 2.57. The van der Waals surface area contributed by atoms with Gasteiger partial charge in [-0.15, -0.1) is 0 Å². The topological polar surface area (TPSA) is 58.2 Å². The summed E-state index contributed by atoms with van der Waals surface area (Å²) in [6, 6.07) is 15.0. The van der Waals surface area contributed by atoms with Gasteiger partial charge in [-0.05, 0) is 36.2 Å². The lowest BCUT2D eigenvalue weighted by Gasteiger charge is -2.17. The van der Waals surface area contributed by atoms with Crippen molar-refractivity contribution in [2.24, 2.45) is 0 Å². The van der Waals surface area contributed by atoms with Crippen molar-refractivity contribution in [1.82, 2.24) is 5.32 Å². The Morgan fingerprint density at radius 2 is 1.92 bits per heavy atom. The molecule has 0 fully saturated rings. The fourth-order valence-corrected chi connectivity index (χ4v) is 3.30. The van der Waals surface area contributed by atoms with Gasteiger partial charge in [0, 0.05) is 22.5 Å². The Kier molecular flexibility index (Phi) is 5.23. The molecule has 1 aliphatic rings. The van der Waals surface area contributed by atoms with Crippen LogP contribution in [0.1, 0.15) is 5.56 Å². The number of halogens is 1. The van der Waals surface area contributed by atoms with Gasteiger partial charge in [0.25, 0.3) is 5.91 Å². The molecular weight excluding hydrogens is 344 g/mol. The normalized spacial score (nSPS) is 14.9. The van der Waals surface area contributed by atoms with E-state index in [1.54, 1.807) is 0 Å². The number of carbonyl (C=O) groups excluding carboxylic acids is 2. The standard InChI is InChI=1S/C18H15ClN2O2S/c19-13-7-5-12(6-8-13)9-10-20-17(22)11-16-18(23)21-14-3-1-2-4-15(14)24-16/h1-8,11H,9-10H2,(H,20,22)(H,21,23)/b16-11-. The van der Waals surface area contributed by atoms with E-state index in [9.17, 15) is 9.59 Å². The molecule has 0 saturated carbocycles. The molecule has 122 valence electrons. The van der Waals surface area contributed by atoms with Gasteiger partial charge in [-0.2, -0.15) is 0 Å². The van der Waals surface area contributed by atoms with Crippen LogP contribution in [0.25, 0.3) is 0 Å². The smallest absolute Gasteiger partial charge is 0.262 e. The van der Waals surface area contributed by atoms with E-state index >= 15 is 0 Å². The van der Waals surface area contributed by atoms with Crippen molar-refractivity contribution in [3.63, 3.8) is 0 Å². The van der Waals surface area contributed by atoms with E-state index in [0.717, 1.165) is 16.1 Å². The minimum Gasteiger partial charge on any atom is -0.352 e. The summed E-state index contributed by atoms with van der Waals surface area (Å²) in [5.41, 5.74) is 1.86. The van der Waals surface area contributed by atoms with E-state index in [1.807, 2.05) is 48.5 Å². The van der Waals surface area contributed by atoms with Crippen LogP contribution in [-0.4, -0.2) is 18.4 Å². The molecule has 24 heavy (non-hydrogen) atoms. The van der Waals surface area contributed by atoms with Gasteiger partial charge >= 0.3 is 0 Å². The lowest BCUT2D eigenvalue weighted by Crippen LogP contribution is -2.26. The molecular formula is C18H15ClN2O2S. The van der Waals surface area contributed by atoms with E-state index in [2.05, 4.69) is 10.6 Å². The van der Waals surface area contributed by atoms with Crippen LogP contribution >= 0.6 is 23.4 Å². The van der Waals surface area contributed by atoms with E-state index in [0.29, 0.717) is 22.9 Å². The van der Waals surface area contributed by atoms with Crippen LogP contribution in [0.15, 0.2) is 64.4 Å². The van der Waals surface area contributed by atoms with E-state index in [4.69, 9.17) is 11.6 Å². The van der Waals surface area contributed by atoms with Crippen LogP contribution in [-0.2, 0) is 16.0 Å². The molecule has 0 atom stereocenters. The summed E-state index contributed by atoms with van der Waals surface area (Å²) in [4.78, 5) is 25.4. The van der Waals surface area contributed by atoms with Gasteiger partial charge in [0.05, 0.1) is 10.6 Å². The van der Waals surface area contributed by atoms with Crippen molar-refractivity contribution in [2.75, 3.05) is 11.9 Å². The molecule has 0 spiro atoms. The second-order valence-electron chi connectivity index (χ2n) is 5.23. The molecule has 2 aromatic carbocycles. The third kappa shape index (κ3) is 4.19. The maximum atomic E-state index is 12.0. The predicted octanol–water partition coefficient (Wildman–Crippen LogP) is 3.63. The second-order valence-corrected chi connectivity index (χ2v) is 6.75. The fourth-order valence-electron chi connectivity index (χ4n) is 2.25. The molecule has 0 aliphatic carbocycles. The highest BCUT2D eigenvalue weighted by atomic mass is 35.5. The number of hydrogen-bond acceptors (Lipinski definition) is 3. The minimum atomic E-state index is -0.277. The molecule has 0 saturated heterocycles. The highest BCUT2D eigenvalue weighted by Gasteiger charge is 2.21. The second kappa shape index (κ2) is 7.55. The zero-order chi connectivity index (χ0) is 16.9. The Bertz CT molecular complexity index is 803. The first-order valence-electron chi connectivity index (χ1n) is 7.44. The number of hydrogen-bond donors (Lipinski definition) is 2. The third-order valence-corrected chi connectivity index (χ3v) is 4.82. The van der Waals surface area contributed by atoms with Crippen LogP contribution in [0, 0.1) is 0 Å². The minimum absolute atomic E-state index is 0.258. The molecule has 0 bridgehead atoms. The molecule has 1 heterocycles. The number of anilines is 1. The molecule has 2 aromatic rings.